The van der Waals surface area contributed by atoms with Crippen LogP contribution in [0.3, 0.4) is 0 Å². The average Bonchev–Trinajstić information content (AvgIpc) is 2.92. The van der Waals surface area contributed by atoms with E-state index in [1.165, 1.54) is 24.3 Å². The standard InChI is InChI=1S/C30H29N2O6P.Na/c31-27-7-3-1-5-25(27)29(33)19-13-21-9-15-23(16-10-21)37-39(35,36)38-24-17-11-22(12-18-24)14-20-30(34)26-6-2-4-8-28(26)32;/h1-12,15-18H,13-14,19-20,31-32H2,(H,35,36);/q;+1/p-1. The maximum Gasteiger partial charge on any atom is 1.00 e. The van der Waals surface area contributed by atoms with Gasteiger partial charge in [0.05, 0.1) is 0 Å². The second-order valence-electron chi connectivity index (χ2n) is 8.94. The van der Waals surface area contributed by atoms with Gasteiger partial charge in [-0.1, -0.05) is 48.5 Å². The molecule has 0 fully saturated rings. The molecule has 4 aromatic rings. The predicted octanol–water partition coefficient (Wildman–Crippen LogP) is 2.41. The Kier molecular flexibility index (Phi) is 11.1. The van der Waals surface area contributed by atoms with Crippen LogP contribution in [0, 0.1) is 0 Å². The first-order chi connectivity index (χ1) is 18.7. The molecular weight excluding hydrogens is 538 g/mol. The molecule has 4 aromatic carbocycles. The second kappa shape index (κ2) is 14.3. The van der Waals surface area contributed by atoms with E-state index in [1.54, 1.807) is 72.8 Å². The normalized spacial score (nSPS) is 10.8. The molecule has 8 nitrogen and oxygen atoms in total. The van der Waals surface area contributed by atoms with E-state index in [2.05, 4.69) is 0 Å². The Balaban J connectivity index is 0.00000441. The van der Waals surface area contributed by atoms with Crippen molar-refractivity contribution in [2.75, 3.05) is 11.5 Å². The number of nitrogens with two attached hydrogens (primary N) is 2. The predicted molar refractivity (Wildman–Crippen MR) is 149 cm³/mol. The maximum absolute atomic E-state index is 12.4. The molecule has 0 saturated carbocycles. The third kappa shape index (κ3) is 8.81. The summed E-state index contributed by atoms with van der Waals surface area (Å²) in [5, 5.41) is 0. The van der Waals surface area contributed by atoms with Crippen molar-refractivity contribution in [1.29, 1.82) is 0 Å². The van der Waals surface area contributed by atoms with Crippen LogP contribution in [0.25, 0.3) is 0 Å². The molecule has 0 bridgehead atoms. The van der Waals surface area contributed by atoms with E-state index >= 15 is 0 Å². The van der Waals surface area contributed by atoms with E-state index in [-0.39, 0.29) is 65.5 Å². The average molecular weight is 567 g/mol. The molecule has 200 valence electrons. The van der Waals surface area contributed by atoms with Crippen molar-refractivity contribution in [2.45, 2.75) is 25.7 Å². The molecule has 0 aliphatic carbocycles. The van der Waals surface area contributed by atoms with Gasteiger partial charge in [0.25, 0.3) is 0 Å². The van der Waals surface area contributed by atoms with Crippen molar-refractivity contribution >= 4 is 30.8 Å². The van der Waals surface area contributed by atoms with E-state index in [0.29, 0.717) is 35.3 Å². The van der Waals surface area contributed by atoms with Gasteiger partial charge in [0, 0.05) is 35.3 Å². The first-order valence-electron chi connectivity index (χ1n) is 12.3. The molecule has 0 unspecified atom stereocenters. The number of carbonyl (C=O) groups is 2. The van der Waals surface area contributed by atoms with Crippen molar-refractivity contribution < 1.29 is 57.7 Å². The van der Waals surface area contributed by atoms with Crippen LogP contribution in [0.4, 0.5) is 11.4 Å². The zero-order chi connectivity index (χ0) is 27.8. The van der Waals surface area contributed by atoms with Crippen LogP contribution < -0.4 is 55.0 Å². The number of rotatable bonds is 12. The Morgan fingerprint density at radius 2 is 0.975 bits per heavy atom. The minimum atomic E-state index is -4.71. The van der Waals surface area contributed by atoms with E-state index in [4.69, 9.17) is 20.5 Å². The smallest absolute Gasteiger partial charge is 0.736 e. The third-order valence-electron chi connectivity index (χ3n) is 6.08. The summed E-state index contributed by atoms with van der Waals surface area (Å²) in [4.78, 5) is 37.2. The van der Waals surface area contributed by atoms with Crippen LogP contribution in [0.5, 0.6) is 11.5 Å². The summed E-state index contributed by atoms with van der Waals surface area (Å²) in [6.07, 6.45) is 1.47. The number of nitrogen functional groups attached to an aromatic ring is 2. The summed E-state index contributed by atoms with van der Waals surface area (Å²) in [6, 6.07) is 26.6. The number of aryl methyl sites for hydroxylation is 2. The minimum Gasteiger partial charge on any atom is -0.736 e. The Labute approximate surface area is 255 Å². The van der Waals surface area contributed by atoms with Gasteiger partial charge in [-0.3, -0.25) is 9.59 Å². The van der Waals surface area contributed by atoms with Crippen molar-refractivity contribution in [3.05, 3.63) is 119 Å². The topological polar surface area (TPSA) is 145 Å². The summed E-state index contributed by atoms with van der Waals surface area (Å²) >= 11 is 0. The molecular formula is C30H28N2NaO6P. The van der Waals surface area contributed by atoms with Gasteiger partial charge in [-0.05, 0) is 72.5 Å². The molecule has 4 N–H and O–H groups in total. The molecule has 0 aromatic heterocycles. The fourth-order valence-electron chi connectivity index (χ4n) is 4.00. The summed E-state index contributed by atoms with van der Waals surface area (Å²) in [7, 11) is -4.71. The molecule has 4 rings (SSSR count). The van der Waals surface area contributed by atoms with Gasteiger partial charge < -0.3 is 25.4 Å². The number of carbonyl (C=O) groups excluding carboxylic acids is 2. The number of benzene rings is 4. The number of Topliss-reactive ketones (excluding diaryl/α,β-unsaturated/α-hetero) is 2. The first-order valence-corrected chi connectivity index (χ1v) is 13.8. The fourth-order valence-corrected chi connectivity index (χ4v) is 4.79. The zero-order valence-corrected chi connectivity index (χ0v) is 25.0. The van der Waals surface area contributed by atoms with Gasteiger partial charge in [0.15, 0.2) is 11.6 Å². The molecule has 0 heterocycles. The second-order valence-corrected chi connectivity index (χ2v) is 10.2. The molecule has 0 amide bonds. The Morgan fingerprint density at radius 1 is 0.625 bits per heavy atom. The summed E-state index contributed by atoms with van der Waals surface area (Å²) in [5.41, 5.74) is 15.3. The van der Waals surface area contributed by atoms with Crippen LogP contribution in [0.15, 0.2) is 97.1 Å². The SMILES string of the molecule is Nc1ccccc1C(=O)CCc1ccc(OP(=O)([O-])Oc2ccc(CCC(=O)c3ccccc3N)cc2)cc1.[Na+]. The van der Waals surface area contributed by atoms with Gasteiger partial charge >= 0.3 is 37.4 Å². The van der Waals surface area contributed by atoms with E-state index in [0.717, 1.165) is 11.1 Å². The van der Waals surface area contributed by atoms with Crippen molar-refractivity contribution in [3.8, 4) is 11.5 Å². The van der Waals surface area contributed by atoms with Crippen molar-refractivity contribution in [3.63, 3.8) is 0 Å². The third-order valence-corrected chi connectivity index (χ3v) is 6.95. The van der Waals surface area contributed by atoms with Crippen molar-refractivity contribution in [1.82, 2.24) is 0 Å². The van der Waals surface area contributed by atoms with Gasteiger partial charge in [-0.2, -0.15) is 0 Å². The maximum atomic E-state index is 12.4. The molecule has 0 spiro atoms. The summed E-state index contributed by atoms with van der Waals surface area (Å²) in [6.45, 7) is 0. The monoisotopic (exact) mass is 566 g/mol. The summed E-state index contributed by atoms with van der Waals surface area (Å²) in [5.74, 6) is 0.0471. The van der Waals surface area contributed by atoms with E-state index in [1.807, 2.05) is 0 Å². The molecule has 40 heavy (non-hydrogen) atoms. The van der Waals surface area contributed by atoms with Crippen LogP contribution >= 0.6 is 7.82 Å². The zero-order valence-electron chi connectivity index (χ0n) is 22.1. The Bertz CT molecular complexity index is 1400. The van der Waals surface area contributed by atoms with E-state index < -0.39 is 7.82 Å². The first kappa shape index (κ1) is 31.1. The van der Waals surface area contributed by atoms with E-state index in [9.17, 15) is 19.0 Å². The number of phosphoric acid groups is 1. The molecule has 0 aliphatic rings. The minimum absolute atomic E-state index is 0. The van der Waals surface area contributed by atoms with Crippen LogP contribution in [0.1, 0.15) is 44.7 Å². The molecule has 10 heteroatoms. The Hall–Kier alpha value is -3.39. The fraction of sp³-hybridized carbons (Fsp3) is 0.133. The quantitative estimate of drug-likeness (QED) is 0.115. The number of phosphoric ester groups is 1. The summed E-state index contributed by atoms with van der Waals surface area (Å²) < 4.78 is 22.6. The molecule has 0 saturated heterocycles. The van der Waals surface area contributed by atoms with Gasteiger partial charge in [0.1, 0.15) is 11.5 Å². The largest absolute Gasteiger partial charge is 1.00 e. The molecule has 0 aliphatic heterocycles. The number of anilines is 2. The van der Waals surface area contributed by atoms with Crippen LogP contribution in [-0.4, -0.2) is 11.6 Å². The van der Waals surface area contributed by atoms with Gasteiger partial charge in [0.2, 0.25) is 0 Å². The van der Waals surface area contributed by atoms with Gasteiger partial charge in [-0.25, -0.2) is 4.57 Å². The molecule has 0 atom stereocenters. The number of ketones is 2. The van der Waals surface area contributed by atoms with Crippen molar-refractivity contribution in [2.24, 2.45) is 0 Å². The van der Waals surface area contributed by atoms with Crippen LogP contribution in [0.2, 0.25) is 0 Å². The van der Waals surface area contributed by atoms with Crippen LogP contribution in [-0.2, 0) is 17.4 Å². The number of para-hydroxylation sites is 2. The molecule has 0 radical (unpaired) electrons. The Morgan fingerprint density at radius 3 is 1.32 bits per heavy atom. The van der Waals surface area contributed by atoms with Gasteiger partial charge in [-0.15, -0.1) is 0 Å². The number of hydrogen-bond acceptors (Lipinski definition) is 8. The number of hydrogen-bond donors (Lipinski definition) is 2.